The SMILES string of the molecule is COCCNC(=O)c1ccc(N2CCC(Cc3ccccc3)CC2)nn1. The first-order chi connectivity index (χ1) is 12.8. The number of hydrogen-bond acceptors (Lipinski definition) is 5. The van der Waals surface area contributed by atoms with Crippen LogP contribution in [0.5, 0.6) is 0 Å². The average Bonchev–Trinajstić information content (AvgIpc) is 2.70. The summed E-state index contributed by atoms with van der Waals surface area (Å²) < 4.78 is 4.92. The predicted molar refractivity (Wildman–Crippen MR) is 101 cm³/mol. The number of nitrogens with one attached hydrogen (secondary N) is 1. The summed E-state index contributed by atoms with van der Waals surface area (Å²) >= 11 is 0. The van der Waals surface area contributed by atoms with Crippen molar-refractivity contribution in [1.82, 2.24) is 15.5 Å². The Bertz CT molecular complexity index is 683. The summed E-state index contributed by atoms with van der Waals surface area (Å²) in [6.07, 6.45) is 3.44. The van der Waals surface area contributed by atoms with Crippen molar-refractivity contribution in [2.24, 2.45) is 5.92 Å². The molecule has 0 aliphatic carbocycles. The number of anilines is 1. The van der Waals surface area contributed by atoms with Gasteiger partial charge in [-0.15, -0.1) is 10.2 Å². The maximum atomic E-state index is 11.9. The minimum absolute atomic E-state index is 0.220. The van der Waals surface area contributed by atoms with Crippen molar-refractivity contribution in [1.29, 1.82) is 0 Å². The molecule has 3 rings (SSSR count). The molecule has 26 heavy (non-hydrogen) atoms. The highest BCUT2D eigenvalue weighted by molar-refractivity contribution is 5.92. The lowest BCUT2D eigenvalue weighted by molar-refractivity contribution is 0.0931. The molecule has 1 amide bonds. The van der Waals surface area contributed by atoms with E-state index in [1.54, 1.807) is 13.2 Å². The molecule has 2 aromatic rings. The highest BCUT2D eigenvalue weighted by Crippen LogP contribution is 2.24. The summed E-state index contributed by atoms with van der Waals surface area (Å²) in [5.41, 5.74) is 1.75. The second-order valence-corrected chi connectivity index (χ2v) is 6.65. The average molecular weight is 354 g/mol. The van der Waals surface area contributed by atoms with Gasteiger partial charge in [0.2, 0.25) is 0 Å². The summed E-state index contributed by atoms with van der Waals surface area (Å²) in [5, 5.41) is 11.1. The fourth-order valence-corrected chi connectivity index (χ4v) is 3.29. The fraction of sp³-hybridized carbons (Fsp3) is 0.450. The van der Waals surface area contributed by atoms with Crippen molar-refractivity contribution in [3.05, 3.63) is 53.7 Å². The lowest BCUT2D eigenvalue weighted by atomic mass is 9.90. The van der Waals surface area contributed by atoms with E-state index in [0.29, 0.717) is 24.8 Å². The summed E-state index contributed by atoms with van der Waals surface area (Å²) in [4.78, 5) is 14.2. The van der Waals surface area contributed by atoms with Gasteiger partial charge in [-0.25, -0.2) is 0 Å². The number of rotatable bonds is 7. The second kappa shape index (κ2) is 9.29. The van der Waals surface area contributed by atoms with Gasteiger partial charge < -0.3 is 15.0 Å². The van der Waals surface area contributed by atoms with Gasteiger partial charge >= 0.3 is 0 Å². The number of carbonyl (C=O) groups is 1. The Hall–Kier alpha value is -2.47. The number of methoxy groups -OCH3 is 1. The predicted octanol–water partition coefficient (Wildman–Crippen LogP) is 2.31. The molecular formula is C20H26N4O2. The largest absolute Gasteiger partial charge is 0.383 e. The normalized spacial score (nSPS) is 15.0. The molecule has 1 N–H and O–H groups in total. The Morgan fingerprint density at radius 1 is 1.15 bits per heavy atom. The minimum Gasteiger partial charge on any atom is -0.383 e. The molecule has 1 aliphatic heterocycles. The van der Waals surface area contributed by atoms with Crippen LogP contribution >= 0.6 is 0 Å². The van der Waals surface area contributed by atoms with Crippen molar-refractivity contribution in [2.45, 2.75) is 19.3 Å². The summed E-state index contributed by atoms with van der Waals surface area (Å²) in [7, 11) is 1.60. The number of carbonyl (C=O) groups excluding carboxylic acids is 1. The molecule has 1 aliphatic rings. The molecule has 0 bridgehead atoms. The molecule has 138 valence electrons. The zero-order valence-electron chi connectivity index (χ0n) is 15.2. The first kappa shape index (κ1) is 18.3. The molecule has 0 radical (unpaired) electrons. The lowest BCUT2D eigenvalue weighted by Gasteiger charge is -2.32. The molecule has 1 aromatic heterocycles. The van der Waals surface area contributed by atoms with Crippen molar-refractivity contribution >= 4 is 11.7 Å². The number of aromatic nitrogens is 2. The van der Waals surface area contributed by atoms with Crippen LogP contribution in [0.3, 0.4) is 0 Å². The van der Waals surface area contributed by atoms with Crippen LogP contribution in [0.1, 0.15) is 28.9 Å². The Balaban J connectivity index is 1.49. The van der Waals surface area contributed by atoms with Gasteiger partial charge in [-0.1, -0.05) is 30.3 Å². The van der Waals surface area contributed by atoms with Gasteiger partial charge in [0, 0.05) is 26.7 Å². The monoisotopic (exact) mass is 354 g/mol. The van der Waals surface area contributed by atoms with Gasteiger partial charge in [0.25, 0.3) is 5.91 Å². The van der Waals surface area contributed by atoms with Crippen molar-refractivity contribution in [3.63, 3.8) is 0 Å². The Labute approximate surface area is 154 Å². The summed E-state index contributed by atoms with van der Waals surface area (Å²) in [6.45, 7) is 2.90. The smallest absolute Gasteiger partial charge is 0.271 e. The van der Waals surface area contributed by atoms with E-state index in [9.17, 15) is 4.79 Å². The van der Waals surface area contributed by atoms with Gasteiger partial charge in [-0.3, -0.25) is 4.79 Å². The number of hydrogen-bond donors (Lipinski definition) is 1. The number of ether oxygens (including phenoxy) is 1. The van der Waals surface area contributed by atoms with Crippen LogP contribution in [0.4, 0.5) is 5.82 Å². The topological polar surface area (TPSA) is 67.3 Å². The Kier molecular flexibility index (Phi) is 6.55. The highest BCUT2D eigenvalue weighted by Gasteiger charge is 2.21. The summed E-state index contributed by atoms with van der Waals surface area (Å²) in [6, 6.07) is 14.3. The van der Waals surface area contributed by atoms with E-state index in [2.05, 4.69) is 50.7 Å². The third kappa shape index (κ3) is 5.02. The van der Waals surface area contributed by atoms with E-state index in [1.807, 2.05) is 6.07 Å². The van der Waals surface area contributed by atoms with E-state index in [4.69, 9.17) is 4.74 Å². The third-order valence-corrected chi connectivity index (χ3v) is 4.78. The van der Waals surface area contributed by atoms with Gasteiger partial charge in [-0.05, 0) is 42.9 Å². The Morgan fingerprint density at radius 3 is 2.58 bits per heavy atom. The Morgan fingerprint density at radius 2 is 1.92 bits per heavy atom. The van der Waals surface area contributed by atoms with E-state index in [0.717, 1.165) is 38.2 Å². The van der Waals surface area contributed by atoms with Crippen LogP contribution < -0.4 is 10.2 Å². The fourth-order valence-electron chi connectivity index (χ4n) is 3.29. The molecule has 0 unspecified atom stereocenters. The minimum atomic E-state index is -0.220. The third-order valence-electron chi connectivity index (χ3n) is 4.78. The van der Waals surface area contributed by atoms with Crippen LogP contribution in [0, 0.1) is 5.92 Å². The second-order valence-electron chi connectivity index (χ2n) is 6.65. The van der Waals surface area contributed by atoms with Crippen molar-refractivity contribution in [3.8, 4) is 0 Å². The summed E-state index contributed by atoms with van der Waals surface area (Å²) in [5.74, 6) is 1.34. The highest BCUT2D eigenvalue weighted by atomic mass is 16.5. The van der Waals surface area contributed by atoms with Crippen molar-refractivity contribution in [2.75, 3.05) is 38.3 Å². The van der Waals surface area contributed by atoms with Crippen molar-refractivity contribution < 1.29 is 9.53 Å². The number of benzene rings is 1. The maximum Gasteiger partial charge on any atom is 0.271 e. The molecule has 2 heterocycles. The number of nitrogens with zero attached hydrogens (tertiary/aromatic N) is 3. The van der Waals surface area contributed by atoms with Crippen LogP contribution in [-0.4, -0.2) is 49.5 Å². The number of piperidine rings is 1. The molecule has 1 saturated heterocycles. The van der Waals surface area contributed by atoms with E-state index in [1.165, 1.54) is 5.56 Å². The first-order valence-corrected chi connectivity index (χ1v) is 9.16. The molecule has 6 nitrogen and oxygen atoms in total. The molecule has 0 saturated carbocycles. The molecular weight excluding hydrogens is 328 g/mol. The molecule has 1 aromatic carbocycles. The van der Waals surface area contributed by atoms with E-state index >= 15 is 0 Å². The van der Waals surface area contributed by atoms with Crippen LogP contribution in [0.2, 0.25) is 0 Å². The van der Waals surface area contributed by atoms with Crippen LogP contribution in [0.25, 0.3) is 0 Å². The standard InChI is InChI=1S/C20H26N4O2/c1-26-14-11-21-20(25)18-7-8-19(23-22-18)24-12-9-17(10-13-24)15-16-5-3-2-4-6-16/h2-8,17H,9-15H2,1H3,(H,21,25). The molecule has 0 atom stereocenters. The van der Waals surface area contributed by atoms with E-state index < -0.39 is 0 Å². The van der Waals surface area contributed by atoms with E-state index in [-0.39, 0.29) is 5.91 Å². The van der Waals surface area contributed by atoms with Gasteiger partial charge in [0.05, 0.1) is 6.61 Å². The van der Waals surface area contributed by atoms with Crippen LogP contribution in [0.15, 0.2) is 42.5 Å². The zero-order valence-corrected chi connectivity index (χ0v) is 15.2. The lowest BCUT2D eigenvalue weighted by Crippen LogP contribution is -2.35. The quantitative estimate of drug-likeness (QED) is 0.773. The van der Waals surface area contributed by atoms with Gasteiger partial charge in [0.1, 0.15) is 0 Å². The van der Waals surface area contributed by atoms with Gasteiger partial charge in [0.15, 0.2) is 11.5 Å². The zero-order chi connectivity index (χ0) is 18.2. The molecule has 1 fully saturated rings. The van der Waals surface area contributed by atoms with Crippen LogP contribution in [-0.2, 0) is 11.2 Å². The first-order valence-electron chi connectivity index (χ1n) is 9.16. The number of amides is 1. The van der Waals surface area contributed by atoms with Gasteiger partial charge in [-0.2, -0.15) is 0 Å². The molecule has 0 spiro atoms. The molecule has 6 heteroatoms. The maximum absolute atomic E-state index is 11.9.